The predicted octanol–water partition coefficient (Wildman–Crippen LogP) is 5.26. The number of para-hydroxylation sites is 1. The number of anilines is 1. The Morgan fingerprint density at radius 1 is 1.04 bits per heavy atom. The minimum atomic E-state index is -0.162. The van der Waals surface area contributed by atoms with Gasteiger partial charge in [-0.3, -0.25) is 4.79 Å². The van der Waals surface area contributed by atoms with Crippen LogP contribution >= 0.6 is 0 Å². The van der Waals surface area contributed by atoms with Crippen LogP contribution in [0.15, 0.2) is 48.5 Å². The fourth-order valence-electron chi connectivity index (χ4n) is 2.63. The van der Waals surface area contributed by atoms with Crippen LogP contribution < -0.4 is 14.8 Å². The molecule has 0 bridgehead atoms. The van der Waals surface area contributed by atoms with Crippen molar-refractivity contribution in [3.05, 3.63) is 59.7 Å². The van der Waals surface area contributed by atoms with Gasteiger partial charge in [0.2, 0.25) is 5.91 Å². The number of hydrogen-bond acceptors (Lipinski definition) is 3. The van der Waals surface area contributed by atoms with Gasteiger partial charge in [-0.1, -0.05) is 38.1 Å². The average Bonchev–Trinajstić information content (AvgIpc) is 2.62. The van der Waals surface area contributed by atoms with Crippen LogP contribution in [0.25, 0.3) is 6.08 Å². The molecule has 2 rings (SSSR count). The van der Waals surface area contributed by atoms with E-state index in [4.69, 9.17) is 9.47 Å². The Kier molecular flexibility index (Phi) is 7.27. The lowest BCUT2D eigenvalue weighted by atomic mass is 10.0. The van der Waals surface area contributed by atoms with Crippen molar-refractivity contribution in [2.24, 2.45) is 0 Å². The van der Waals surface area contributed by atoms with E-state index in [1.165, 1.54) is 6.08 Å². The second-order valence-electron chi connectivity index (χ2n) is 6.14. The lowest BCUT2D eigenvalue weighted by Gasteiger charge is -2.12. The number of rotatable bonds is 8. The third-order valence-electron chi connectivity index (χ3n) is 3.84. The maximum Gasteiger partial charge on any atom is 0.248 e. The van der Waals surface area contributed by atoms with Crippen molar-refractivity contribution in [2.75, 3.05) is 18.5 Å². The van der Waals surface area contributed by atoms with Crippen molar-refractivity contribution in [1.29, 1.82) is 0 Å². The molecule has 0 fully saturated rings. The number of carbonyl (C=O) groups excluding carboxylic acids is 1. The van der Waals surface area contributed by atoms with E-state index in [-0.39, 0.29) is 5.91 Å². The van der Waals surface area contributed by atoms with Gasteiger partial charge in [0, 0.05) is 11.8 Å². The lowest BCUT2D eigenvalue weighted by molar-refractivity contribution is -0.111. The van der Waals surface area contributed by atoms with Crippen LogP contribution in [-0.2, 0) is 4.79 Å². The molecule has 138 valence electrons. The van der Waals surface area contributed by atoms with Crippen molar-refractivity contribution >= 4 is 17.7 Å². The van der Waals surface area contributed by atoms with Crippen LogP contribution in [0.3, 0.4) is 0 Å². The first-order valence-electron chi connectivity index (χ1n) is 9.02. The number of nitrogens with one attached hydrogen (secondary N) is 1. The largest absolute Gasteiger partial charge is 0.490 e. The summed E-state index contributed by atoms with van der Waals surface area (Å²) in [6.07, 6.45) is 3.30. The maximum absolute atomic E-state index is 12.3. The lowest BCUT2D eigenvalue weighted by Crippen LogP contribution is -2.10. The highest BCUT2D eigenvalue weighted by molar-refractivity contribution is 6.02. The Morgan fingerprint density at radius 3 is 2.42 bits per heavy atom. The van der Waals surface area contributed by atoms with Crippen LogP contribution in [-0.4, -0.2) is 19.1 Å². The van der Waals surface area contributed by atoms with Crippen molar-refractivity contribution in [3.63, 3.8) is 0 Å². The topological polar surface area (TPSA) is 47.6 Å². The van der Waals surface area contributed by atoms with Crippen LogP contribution in [0.2, 0.25) is 0 Å². The monoisotopic (exact) mass is 353 g/mol. The fraction of sp³-hybridized carbons (Fsp3) is 0.318. The first-order chi connectivity index (χ1) is 12.5. The summed E-state index contributed by atoms with van der Waals surface area (Å²) in [7, 11) is 0. The van der Waals surface area contributed by atoms with Gasteiger partial charge in [0.1, 0.15) is 0 Å². The zero-order valence-electron chi connectivity index (χ0n) is 15.9. The second kappa shape index (κ2) is 9.66. The third-order valence-corrected chi connectivity index (χ3v) is 3.84. The maximum atomic E-state index is 12.3. The predicted molar refractivity (Wildman–Crippen MR) is 107 cm³/mol. The molecule has 0 spiro atoms. The first-order valence-corrected chi connectivity index (χ1v) is 9.02. The highest BCUT2D eigenvalue weighted by Crippen LogP contribution is 2.29. The van der Waals surface area contributed by atoms with Crippen LogP contribution in [0.4, 0.5) is 5.69 Å². The van der Waals surface area contributed by atoms with Crippen molar-refractivity contribution in [1.82, 2.24) is 0 Å². The molecule has 4 nitrogen and oxygen atoms in total. The SMILES string of the molecule is CCOc1ccc(C=CC(=O)Nc2ccccc2C(C)C)cc1OCC. The Bertz CT molecular complexity index is 766. The molecule has 0 radical (unpaired) electrons. The van der Waals surface area contributed by atoms with E-state index in [2.05, 4.69) is 19.2 Å². The van der Waals surface area contributed by atoms with E-state index in [0.29, 0.717) is 30.6 Å². The quantitative estimate of drug-likeness (QED) is 0.659. The van der Waals surface area contributed by atoms with Gasteiger partial charge in [-0.25, -0.2) is 0 Å². The minimum Gasteiger partial charge on any atom is -0.490 e. The van der Waals surface area contributed by atoms with Crippen molar-refractivity contribution in [3.8, 4) is 11.5 Å². The number of ether oxygens (including phenoxy) is 2. The molecule has 1 amide bonds. The Morgan fingerprint density at radius 2 is 1.73 bits per heavy atom. The molecule has 0 aromatic heterocycles. The molecular weight excluding hydrogens is 326 g/mol. The summed E-state index contributed by atoms with van der Waals surface area (Å²) in [5.74, 6) is 1.57. The summed E-state index contributed by atoms with van der Waals surface area (Å²) in [5, 5.41) is 2.95. The van der Waals surface area contributed by atoms with Crippen LogP contribution in [0.1, 0.15) is 44.7 Å². The number of carbonyl (C=O) groups is 1. The molecule has 0 saturated heterocycles. The van der Waals surface area contributed by atoms with Gasteiger partial charge in [0.05, 0.1) is 13.2 Å². The Labute approximate surface area is 155 Å². The molecule has 0 aliphatic heterocycles. The highest BCUT2D eigenvalue weighted by Gasteiger charge is 2.08. The summed E-state index contributed by atoms with van der Waals surface area (Å²) < 4.78 is 11.2. The van der Waals surface area contributed by atoms with E-state index in [1.54, 1.807) is 6.08 Å². The van der Waals surface area contributed by atoms with Gasteiger partial charge < -0.3 is 14.8 Å². The molecular formula is C22H27NO3. The zero-order valence-corrected chi connectivity index (χ0v) is 15.9. The average molecular weight is 353 g/mol. The van der Waals surface area contributed by atoms with Gasteiger partial charge >= 0.3 is 0 Å². The molecule has 0 unspecified atom stereocenters. The molecule has 26 heavy (non-hydrogen) atoms. The van der Waals surface area contributed by atoms with Gasteiger partial charge in [0.25, 0.3) is 0 Å². The summed E-state index contributed by atoms with van der Waals surface area (Å²) in [4.78, 5) is 12.3. The Balaban J connectivity index is 2.12. The summed E-state index contributed by atoms with van der Waals surface area (Å²) in [6.45, 7) is 9.21. The van der Waals surface area contributed by atoms with E-state index in [1.807, 2.05) is 56.3 Å². The van der Waals surface area contributed by atoms with Crippen molar-refractivity contribution in [2.45, 2.75) is 33.6 Å². The third kappa shape index (κ3) is 5.38. The normalized spacial score (nSPS) is 11.0. The smallest absolute Gasteiger partial charge is 0.248 e. The molecule has 1 N–H and O–H groups in total. The molecule has 0 aliphatic carbocycles. The zero-order chi connectivity index (χ0) is 18.9. The molecule has 4 heteroatoms. The van der Waals surface area contributed by atoms with E-state index >= 15 is 0 Å². The highest BCUT2D eigenvalue weighted by atomic mass is 16.5. The fourth-order valence-corrected chi connectivity index (χ4v) is 2.63. The molecule has 0 heterocycles. The number of hydrogen-bond donors (Lipinski definition) is 1. The number of amides is 1. The number of benzene rings is 2. The van der Waals surface area contributed by atoms with Gasteiger partial charge in [0.15, 0.2) is 11.5 Å². The second-order valence-corrected chi connectivity index (χ2v) is 6.14. The molecule has 0 atom stereocenters. The molecule has 0 aliphatic rings. The van der Waals surface area contributed by atoms with Gasteiger partial charge in [-0.05, 0) is 55.2 Å². The molecule has 2 aromatic carbocycles. The van der Waals surface area contributed by atoms with Gasteiger partial charge in [-0.2, -0.15) is 0 Å². The standard InChI is InChI=1S/C22H27NO3/c1-5-25-20-13-11-17(15-21(20)26-6-2)12-14-22(24)23-19-10-8-7-9-18(19)16(3)4/h7-16H,5-6H2,1-4H3,(H,23,24). The summed E-state index contributed by atoms with van der Waals surface area (Å²) >= 11 is 0. The molecule has 0 saturated carbocycles. The van der Waals surface area contributed by atoms with E-state index in [0.717, 1.165) is 16.8 Å². The van der Waals surface area contributed by atoms with E-state index in [9.17, 15) is 4.79 Å². The van der Waals surface area contributed by atoms with Gasteiger partial charge in [-0.15, -0.1) is 0 Å². The Hall–Kier alpha value is -2.75. The molecule has 2 aromatic rings. The van der Waals surface area contributed by atoms with E-state index < -0.39 is 0 Å². The van der Waals surface area contributed by atoms with Crippen LogP contribution in [0.5, 0.6) is 11.5 Å². The summed E-state index contributed by atoms with van der Waals surface area (Å²) in [6, 6.07) is 13.5. The summed E-state index contributed by atoms with van der Waals surface area (Å²) in [5.41, 5.74) is 2.84. The first kappa shape index (κ1) is 19.6. The van der Waals surface area contributed by atoms with Crippen molar-refractivity contribution < 1.29 is 14.3 Å². The van der Waals surface area contributed by atoms with Crippen LogP contribution in [0, 0.1) is 0 Å². The minimum absolute atomic E-state index is 0.162.